The van der Waals surface area contributed by atoms with Gasteiger partial charge in [-0.1, -0.05) is 26.0 Å². The standard InChI is InChI=1S/C18H24N2O2S/c1-4-20(5-2)11-12-22-16-9-7-6-8-15(16)19-18(21)17-14(3)10-13-23-17/h6-10,13H,4-5,11-12H2,1-3H3,(H,19,21). The van der Waals surface area contributed by atoms with Gasteiger partial charge in [0.2, 0.25) is 0 Å². The molecule has 0 unspecified atom stereocenters. The van der Waals surface area contributed by atoms with Gasteiger partial charge in [0.25, 0.3) is 5.91 Å². The summed E-state index contributed by atoms with van der Waals surface area (Å²) in [6.45, 7) is 9.72. The number of hydrogen-bond donors (Lipinski definition) is 1. The van der Waals surface area contributed by atoms with Crippen LogP contribution in [0.1, 0.15) is 29.1 Å². The van der Waals surface area contributed by atoms with Crippen LogP contribution in [0.5, 0.6) is 5.75 Å². The molecule has 1 aromatic heterocycles. The first-order valence-electron chi connectivity index (χ1n) is 7.95. The Bertz CT molecular complexity index is 635. The van der Waals surface area contributed by atoms with Gasteiger partial charge in [-0.25, -0.2) is 0 Å². The van der Waals surface area contributed by atoms with Crippen molar-refractivity contribution in [2.75, 3.05) is 31.6 Å². The molecule has 0 aliphatic carbocycles. The number of anilines is 1. The molecule has 0 radical (unpaired) electrons. The maximum absolute atomic E-state index is 12.4. The quantitative estimate of drug-likeness (QED) is 0.793. The van der Waals surface area contributed by atoms with Crippen LogP contribution in [0.4, 0.5) is 5.69 Å². The van der Waals surface area contributed by atoms with E-state index in [2.05, 4.69) is 24.1 Å². The first-order chi connectivity index (χ1) is 11.2. The van der Waals surface area contributed by atoms with Gasteiger partial charge in [-0.2, -0.15) is 0 Å². The van der Waals surface area contributed by atoms with E-state index >= 15 is 0 Å². The molecule has 1 N–H and O–H groups in total. The molecule has 2 aromatic rings. The first kappa shape index (κ1) is 17.5. The highest BCUT2D eigenvalue weighted by molar-refractivity contribution is 7.12. The summed E-state index contributed by atoms with van der Waals surface area (Å²) in [5.41, 5.74) is 1.71. The number of carbonyl (C=O) groups is 1. The highest BCUT2D eigenvalue weighted by atomic mass is 32.1. The lowest BCUT2D eigenvalue weighted by molar-refractivity contribution is 0.102. The van der Waals surface area contributed by atoms with Gasteiger partial charge in [0.05, 0.1) is 10.6 Å². The second kappa shape index (κ2) is 8.70. The highest BCUT2D eigenvalue weighted by Gasteiger charge is 2.13. The van der Waals surface area contributed by atoms with E-state index in [1.54, 1.807) is 0 Å². The Balaban J connectivity index is 2.00. The zero-order valence-corrected chi connectivity index (χ0v) is 14.8. The van der Waals surface area contributed by atoms with E-state index in [1.807, 2.05) is 42.6 Å². The molecule has 5 heteroatoms. The van der Waals surface area contributed by atoms with Crippen LogP contribution in [-0.4, -0.2) is 37.0 Å². The molecule has 1 heterocycles. The molecule has 2 rings (SSSR count). The topological polar surface area (TPSA) is 41.6 Å². The fourth-order valence-electron chi connectivity index (χ4n) is 2.30. The van der Waals surface area contributed by atoms with Crippen LogP contribution < -0.4 is 10.1 Å². The van der Waals surface area contributed by atoms with E-state index in [9.17, 15) is 4.79 Å². The minimum atomic E-state index is -0.0858. The highest BCUT2D eigenvalue weighted by Crippen LogP contribution is 2.25. The number of amides is 1. The Morgan fingerprint density at radius 1 is 1.22 bits per heavy atom. The monoisotopic (exact) mass is 332 g/mol. The largest absolute Gasteiger partial charge is 0.490 e. The molecule has 0 spiro atoms. The lowest BCUT2D eigenvalue weighted by Gasteiger charge is -2.19. The van der Waals surface area contributed by atoms with Gasteiger partial charge in [0, 0.05) is 6.54 Å². The number of nitrogens with one attached hydrogen (secondary N) is 1. The summed E-state index contributed by atoms with van der Waals surface area (Å²) < 4.78 is 5.87. The number of aryl methyl sites for hydroxylation is 1. The Labute approximate surface area is 142 Å². The van der Waals surface area contributed by atoms with E-state index in [0.29, 0.717) is 18.0 Å². The van der Waals surface area contributed by atoms with Gasteiger partial charge >= 0.3 is 0 Å². The summed E-state index contributed by atoms with van der Waals surface area (Å²) in [6, 6.07) is 9.52. The molecule has 1 aromatic carbocycles. The van der Waals surface area contributed by atoms with Crippen molar-refractivity contribution in [3.63, 3.8) is 0 Å². The minimum absolute atomic E-state index is 0.0858. The molecule has 23 heavy (non-hydrogen) atoms. The van der Waals surface area contributed by atoms with E-state index < -0.39 is 0 Å². The lowest BCUT2D eigenvalue weighted by atomic mass is 10.2. The molecule has 124 valence electrons. The fraction of sp³-hybridized carbons (Fsp3) is 0.389. The number of rotatable bonds is 8. The Hall–Kier alpha value is -1.85. The van der Waals surface area contributed by atoms with Crippen molar-refractivity contribution in [3.8, 4) is 5.75 Å². The fourth-order valence-corrected chi connectivity index (χ4v) is 3.12. The molecule has 1 amide bonds. The van der Waals surface area contributed by atoms with Crippen molar-refractivity contribution in [1.29, 1.82) is 0 Å². The number of ether oxygens (including phenoxy) is 1. The predicted octanol–water partition coefficient (Wildman–Crippen LogP) is 4.03. The van der Waals surface area contributed by atoms with E-state index in [4.69, 9.17) is 4.74 Å². The van der Waals surface area contributed by atoms with Gasteiger partial charge in [-0.3, -0.25) is 4.79 Å². The Kier molecular flexibility index (Phi) is 6.62. The number of nitrogens with zero attached hydrogens (tertiary/aromatic N) is 1. The maximum Gasteiger partial charge on any atom is 0.266 e. The summed E-state index contributed by atoms with van der Waals surface area (Å²) >= 11 is 1.45. The Morgan fingerprint density at radius 2 is 1.96 bits per heavy atom. The molecular formula is C18H24N2O2S. The molecular weight excluding hydrogens is 308 g/mol. The zero-order valence-electron chi connectivity index (χ0n) is 14.0. The summed E-state index contributed by atoms with van der Waals surface area (Å²) in [4.78, 5) is 15.4. The van der Waals surface area contributed by atoms with Gasteiger partial charge < -0.3 is 15.0 Å². The summed E-state index contributed by atoms with van der Waals surface area (Å²) in [6.07, 6.45) is 0. The summed E-state index contributed by atoms with van der Waals surface area (Å²) in [5.74, 6) is 0.625. The van der Waals surface area contributed by atoms with Crippen molar-refractivity contribution >= 4 is 22.9 Å². The predicted molar refractivity (Wildman–Crippen MR) is 96.7 cm³/mol. The SMILES string of the molecule is CCN(CC)CCOc1ccccc1NC(=O)c1sccc1C. The molecule has 0 fully saturated rings. The average molecular weight is 332 g/mol. The molecule has 0 saturated carbocycles. The number of para-hydroxylation sites is 2. The zero-order chi connectivity index (χ0) is 16.7. The minimum Gasteiger partial charge on any atom is -0.490 e. The first-order valence-corrected chi connectivity index (χ1v) is 8.83. The van der Waals surface area contributed by atoms with E-state index in [0.717, 1.165) is 30.1 Å². The van der Waals surface area contributed by atoms with Crippen LogP contribution in [0.3, 0.4) is 0 Å². The van der Waals surface area contributed by atoms with Crippen LogP contribution in [-0.2, 0) is 0 Å². The Morgan fingerprint density at radius 3 is 2.61 bits per heavy atom. The smallest absolute Gasteiger partial charge is 0.266 e. The third kappa shape index (κ3) is 4.81. The second-order valence-electron chi connectivity index (χ2n) is 5.26. The molecule has 0 atom stereocenters. The third-order valence-corrected chi connectivity index (χ3v) is 4.78. The lowest BCUT2D eigenvalue weighted by Crippen LogP contribution is -2.28. The van der Waals surface area contributed by atoms with Crippen molar-refractivity contribution in [1.82, 2.24) is 4.90 Å². The maximum atomic E-state index is 12.4. The van der Waals surface area contributed by atoms with Crippen molar-refractivity contribution < 1.29 is 9.53 Å². The van der Waals surface area contributed by atoms with Crippen LogP contribution in [0, 0.1) is 6.92 Å². The van der Waals surface area contributed by atoms with Gasteiger partial charge in [-0.05, 0) is 49.2 Å². The summed E-state index contributed by atoms with van der Waals surface area (Å²) in [5, 5.41) is 4.88. The second-order valence-corrected chi connectivity index (χ2v) is 6.17. The number of thiophene rings is 1. The third-order valence-electron chi connectivity index (χ3n) is 3.76. The number of benzene rings is 1. The van der Waals surface area contributed by atoms with Crippen LogP contribution in [0.25, 0.3) is 0 Å². The number of carbonyl (C=O) groups excluding carboxylic acids is 1. The van der Waals surface area contributed by atoms with Crippen molar-refractivity contribution in [2.45, 2.75) is 20.8 Å². The van der Waals surface area contributed by atoms with Crippen LogP contribution in [0.2, 0.25) is 0 Å². The van der Waals surface area contributed by atoms with E-state index in [1.165, 1.54) is 11.3 Å². The molecule has 0 aliphatic rings. The molecule has 0 aliphatic heterocycles. The number of hydrogen-bond acceptors (Lipinski definition) is 4. The van der Waals surface area contributed by atoms with E-state index in [-0.39, 0.29) is 5.91 Å². The van der Waals surface area contributed by atoms with Gasteiger partial charge in [0.1, 0.15) is 12.4 Å². The van der Waals surface area contributed by atoms with Crippen LogP contribution in [0.15, 0.2) is 35.7 Å². The summed E-state index contributed by atoms with van der Waals surface area (Å²) in [7, 11) is 0. The van der Waals surface area contributed by atoms with Crippen molar-refractivity contribution in [2.24, 2.45) is 0 Å². The average Bonchev–Trinajstić information content (AvgIpc) is 2.99. The normalized spacial score (nSPS) is 10.8. The van der Waals surface area contributed by atoms with Crippen LogP contribution >= 0.6 is 11.3 Å². The van der Waals surface area contributed by atoms with Gasteiger partial charge in [0.15, 0.2) is 0 Å². The van der Waals surface area contributed by atoms with Crippen molar-refractivity contribution in [3.05, 3.63) is 46.2 Å². The number of likely N-dealkylation sites (N-methyl/N-ethyl adjacent to an activating group) is 1. The van der Waals surface area contributed by atoms with Gasteiger partial charge in [-0.15, -0.1) is 11.3 Å². The molecule has 0 saturated heterocycles. The molecule has 0 bridgehead atoms. The molecule has 4 nitrogen and oxygen atoms in total.